The maximum absolute atomic E-state index is 12.7. The molecule has 0 unspecified atom stereocenters. The zero-order chi connectivity index (χ0) is 21.0. The lowest BCUT2D eigenvalue weighted by molar-refractivity contribution is 0.0596. The lowest BCUT2D eigenvalue weighted by atomic mass is 10.2. The SMILES string of the molecule is COC(=O)c1ccccc1S(=O)(=O)NN1C=CN(c2nc(OC)cc(OC)n2)N1. The third-order valence-corrected chi connectivity index (χ3v) is 5.05. The van der Waals surface area contributed by atoms with E-state index < -0.39 is 16.0 Å². The molecule has 154 valence electrons. The zero-order valence-electron chi connectivity index (χ0n) is 15.7. The molecule has 0 bridgehead atoms. The van der Waals surface area contributed by atoms with Gasteiger partial charge in [0, 0.05) is 6.20 Å². The van der Waals surface area contributed by atoms with Crippen LogP contribution >= 0.6 is 0 Å². The summed E-state index contributed by atoms with van der Waals surface area (Å²) in [6, 6.07) is 7.18. The van der Waals surface area contributed by atoms with E-state index in [1.807, 2.05) is 0 Å². The Bertz CT molecular complexity index is 1020. The quantitative estimate of drug-likeness (QED) is 0.592. The van der Waals surface area contributed by atoms with E-state index in [0.717, 1.165) is 5.12 Å². The van der Waals surface area contributed by atoms with Crippen LogP contribution in [0, 0.1) is 0 Å². The number of anilines is 1. The van der Waals surface area contributed by atoms with Gasteiger partial charge in [-0.2, -0.15) is 9.97 Å². The molecule has 1 aromatic heterocycles. The fraction of sp³-hybridized carbons (Fsp3) is 0.188. The van der Waals surface area contributed by atoms with E-state index in [2.05, 4.69) is 25.1 Å². The van der Waals surface area contributed by atoms with Crippen molar-refractivity contribution >= 4 is 21.9 Å². The summed E-state index contributed by atoms with van der Waals surface area (Å²) in [5, 5.41) is 2.39. The highest BCUT2D eigenvalue weighted by atomic mass is 32.2. The van der Waals surface area contributed by atoms with E-state index >= 15 is 0 Å². The van der Waals surface area contributed by atoms with Crippen molar-refractivity contribution in [2.24, 2.45) is 0 Å². The van der Waals surface area contributed by atoms with Crippen molar-refractivity contribution in [2.75, 3.05) is 26.3 Å². The Morgan fingerprint density at radius 1 is 1.07 bits per heavy atom. The number of hydrogen-bond acceptors (Lipinski definition) is 11. The summed E-state index contributed by atoms with van der Waals surface area (Å²) in [7, 11) is -0.0605. The molecule has 1 aromatic carbocycles. The fourth-order valence-corrected chi connectivity index (χ4v) is 3.50. The summed E-state index contributed by atoms with van der Waals surface area (Å²) < 4.78 is 40.3. The number of methoxy groups -OCH3 is 3. The van der Waals surface area contributed by atoms with Crippen LogP contribution in [-0.2, 0) is 14.8 Å². The molecule has 13 heteroatoms. The van der Waals surface area contributed by atoms with Gasteiger partial charge < -0.3 is 14.2 Å². The lowest BCUT2D eigenvalue weighted by Gasteiger charge is -2.22. The van der Waals surface area contributed by atoms with Crippen molar-refractivity contribution in [3.8, 4) is 11.8 Å². The third-order valence-electron chi connectivity index (χ3n) is 3.68. The maximum Gasteiger partial charge on any atom is 0.339 e. The number of hydrogen-bond donors (Lipinski definition) is 2. The van der Waals surface area contributed by atoms with Crippen molar-refractivity contribution in [2.45, 2.75) is 4.90 Å². The molecule has 0 saturated carbocycles. The summed E-state index contributed by atoms with van der Waals surface area (Å²) in [6.07, 6.45) is 2.86. The monoisotopic (exact) mass is 422 g/mol. The predicted octanol–water partition coefficient (Wildman–Crippen LogP) is 0.187. The van der Waals surface area contributed by atoms with Gasteiger partial charge in [-0.3, -0.25) is 0 Å². The first-order valence-corrected chi connectivity index (χ1v) is 9.56. The molecule has 0 radical (unpaired) electrons. The second-order valence-corrected chi connectivity index (χ2v) is 7.10. The molecule has 29 heavy (non-hydrogen) atoms. The average molecular weight is 422 g/mol. The number of aromatic nitrogens is 2. The summed E-state index contributed by atoms with van der Waals surface area (Å²) in [4.78, 5) is 22.2. The number of esters is 1. The maximum atomic E-state index is 12.7. The van der Waals surface area contributed by atoms with Gasteiger partial charge in [0.25, 0.3) is 16.0 Å². The zero-order valence-corrected chi connectivity index (χ0v) is 16.5. The van der Waals surface area contributed by atoms with Crippen molar-refractivity contribution in [1.82, 2.24) is 25.5 Å². The number of nitrogens with zero attached hydrogens (tertiary/aromatic N) is 4. The van der Waals surface area contributed by atoms with Gasteiger partial charge in [0.2, 0.25) is 11.8 Å². The first kappa shape index (κ1) is 20.3. The molecule has 2 aromatic rings. The number of rotatable bonds is 7. The number of hydrazine groups is 3. The molecule has 2 heterocycles. The van der Waals surface area contributed by atoms with Gasteiger partial charge in [-0.1, -0.05) is 12.1 Å². The highest BCUT2D eigenvalue weighted by molar-refractivity contribution is 7.89. The molecule has 0 fully saturated rings. The van der Waals surface area contributed by atoms with E-state index in [0.29, 0.717) is 0 Å². The summed E-state index contributed by atoms with van der Waals surface area (Å²) in [5.41, 5.74) is 2.62. The Balaban J connectivity index is 1.79. The average Bonchev–Trinajstić information content (AvgIpc) is 3.20. The van der Waals surface area contributed by atoms with E-state index in [4.69, 9.17) is 9.47 Å². The van der Waals surface area contributed by atoms with Crippen LogP contribution in [0.4, 0.5) is 5.95 Å². The Morgan fingerprint density at radius 2 is 1.72 bits per heavy atom. The molecule has 3 rings (SSSR count). The molecule has 1 aliphatic heterocycles. The number of nitrogens with one attached hydrogen (secondary N) is 2. The number of carbonyl (C=O) groups is 1. The smallest absolute Gasteiger partial charge is 0.339 e. The van der Waals surface area contributed by atoms with Gasteiger partial charge in [0.05, 0.1) is 44.1 Å². The molecule has 0 spiro atoms. The van der Waals surface area contributed by atoms with E-state index in [-0.39, 0.29) is 28.2 Å². The van der Waals surface area contributed by atoms with Crippen molar-refractivity contribution in [1.29, 1.82) is 0 Å². The number of ether oxygens (including phenoxy) is 3. The van der Waals surface area contributed by atoms with Crippen molar-refractivity contribution in [3.05, 3.63) is 48.3 Å². The summed E-state index contributed by atoms with van der Waals surface area (Å²) in [5.74, 6) is -0.107. The molecule has 0 amide bonds. The Labute approximate surface area is 166 Å². The Hall–Kier alpha value is -3.42. The van der Waals surface area contributed by atoms with Crippen LogP contribution in [0.2, 0.25) is 0 Å². The van der Waals surface area contributed by atoms with Crippen LogP contribution in [0.25, 0.3) is 0 Å². The normalized spacial score (nSPS) is 13.5. The van der Waals surface area contributed by atoms with Crippen molar-refractivity contribution < 1.29 is 27.4 Å². The molecular formula is C16H18N6O6S. The molecule has 12 nitrogen and oxygen atoms in total. The number of benzene rings is 1. The second-order valence-electron chi connectivity index (χ2n) is 5.47. The van der Waals surface area contributed by atoms with Crippen molar-refractivity contribution in [3.63, 3.8) is 0 Å². The number of carbonyl (C=O) groups excluding carboxylic acids is 1. The standard InChI is InChI=1S/C16H18N6O6S/c1-26-13-10-14(27-2)18-16(17-13)21-8-9-22(19-21)20-29(24,25)12-7-5-4-6-11(12)15(23)28-3/h4-10,19-20H,1-3H3. The van der Waals surface area contributed by atoms with Gasteiger partial charge in [-0.25, -0.2) is 23.3 Å². The largest absolute Gasteiger partial charge is 0.481 e. The first-order valence-electron chi connectivity index (χ1n) is 8.08. The minimum Gasteiger partial charge on any atom is -0.481 e. The molecular weight excluding hydrogens is 404 g/mol. The lowest BCUT2D eigenvalue weighted by Crippen LogP contribution is -2.49. The highest BCUT2D eigenvalue weighted by Crippen LogP contribution is 2.21. The van der Waals surface area contributed by atoms with Crippen LogP contribution in [0.5, 0.6) is 11.8 Å². The van der Waals surface area contributed by atoms with E-state index in [1.54, 1.807) is 0 Å². The predicted molar refractivity (Wildman–Crippen MR) is 99.8 cm³/mol. The minimum atomic E-state index is -4.12. The van der Waals surface area contributed by atoms with Crippen LogP contribution in [0.3, 0.4) is 0 Å². The Kier molecular flexibility index (Phi) is 5.81. The minimum absolute atomic E-state index is 0.0941. The molecule has 0 saturated heterocycles. The Morgan fingerprint density at radius 3 is 2.34 bits per heavy atom. The molecule has 2 N–H and O–H groups in total. The van der Waals surface area contributed by atoms with Gasteiger partial charge >= 0.3 is 5.97 Å². The fourth-order valence-electron chi connectivity index (χ4n) is 2.35. The second kappa shape index (κ2) is 8.30. The highest BCUT2D eigenvalue weighted by Gasteiger charge is 2.27. The molecule has 0 aliphatic carbocycles. The van der Waals surface area contributed by atoms with E-state index in [9.17, 15) is 13.2 Å². The summed E-state index contributed by atoms with van der Waals surface area (Å²) in [6.45, 7) is 0. The van der Waals surface area contributed by atoms with Gasteiger partial charge in [0.1, 0.15) is 0 Å². The van der Waals surface area contributed by atoms with Gasteiger partial charge in [-0.15, -0.1) is 10.4 Å². The van der Waals surface area contributed by atoms with Crippen LogP contribution < -0.4 is 24.8 Å². The molecule has 0 atom stereocenters. The summed E-state index contributed by atoms with van der Waals surface area (Å²) >= 11 is 0. The van der Waals surface area contributed by atoms with Crippen LogP contribution in [0.15, 0.2) is 47.6 Å². The third kappa shape index (κ3) is 4.37. The first-order chi connectivity index (χ1) is 13.9. The number of sulfonamides is 1. The topological polar surface area (TPSA) is 135 Å². The van der Waals surface area contributed by atoms with Crippen LogP contribution in [0.1, 0.15) is 10.4 Å². The van der Waals surface area contributed by atoms with Gasteiger partial charge in [0.15, 0.2) is 0 Å². The van der Waals surface area contributed by atoms with Crippen LogP contribution in [-0.4, -0.2) is 50.8 Å². The van der Waals surface area contributed by atoms with E-state index in [1.165, 1.54) is 69.1 Å². The van der Waals surface area contributed by atoms with Gasteiger partial charge in [-0.05, 0) is 12.1 Å². The molecule has 1 aliphatic rings.